The molecule has 2 aromatic heterocycles. The molecular formula is C22H18FN3O. The van der Waals surface area contributed by atoms with Crippen molar-refractivity contribution in [1.29, 1.82) is 0 Å². The van der Waals surface area contributed by atoms with Crippen LogP contribution in [0.25, 0.3) is 33.4 Å². The van der Waals surface area contributed by atoms with Gasteiger partial charge in [0.15, 0.2) is 0 Å². The molecule has 134 valence electrons. The molecule has 1 atom stereocenters. The molecule has 0 aliphatic carbocycles. The van der Waals surface area contributed by atoms with Crippen LogP contribution in [0.5, 0.6) is 0 Å². The van der Waals surface area contributed by atoms with E-state index < -0.39 is 6.10 Å². The SMILES string of the molecule is Cc1cc(C(C)O)c2cc(-c3ccc(F)cc3)c(-c3ccncn3)nc2c1. The van der Waals surface area contributed by atoms with Crippen LogP contribution in [0.2, 0.25) is 0 Å². The van der Waals surface area contributed by atoms with Crippen molar-refractivity contribution in [3.05, 3.63) is 78.0 Å². The van der Waals surface area contributed by atoms with Crippen LogP contribution in [-0.2, 0) is 0 Å². The van der Waals surface area contributed by atoms with Gasteiger partial charge >= 0.3 is 0 Å². The first-order valence-electron chi connectivity index (χ1n) is 8.68. The fraction of sp³-hybridized carbons (Fsp3) is 0.136. The van der Waals surface area contributed by atoms with E-state index in [2.05, 4.69) is 9.97 Å². The summed E-state index contributed by atoms with van der Waals surface area (Å²) in [5, 5.41) is 11.1. The highest BCUT2D eigenvalue weighted by atomic mass is 19.1. The van der Waals surface area contributed by atoms with Crippen molar-refractivity contribution in [3.8, 4) is 22.5 Å². The smallest absolute Gasteiger partial charge is 0.123 e. The third kappa shape index (κ3) is 3.29. The molecule has 0 spiro atoms. The summed E-state index contributed by atoms with van der Waals surface area (Å²) < 4.78 is 13.4. The Morgan fingerprint density at radius 1 is 1.04 bits per heavy atom. The van der Waals surface area contributed by atoms with Gasteiger partial charge in [0.1, 0.15) is 12.1 Å². The van der Waals surface area contributed by atoms with Crippen molar-refractivity contribution in [2.75, 3.05) is 0 Å². The van der Waals surface area contributed by atoms with E-state index >= 15 is 0 Å². The second-order valence-electron chi connectivity index (χ2n) is 6.58. The molecule has 4 rings (SSSR count). The average molecular weight is 359 g/mol. The van der Waals surface area contributed by atoms with E-state index in [0.29, 0.717) is 11.4 Å². The molecule has 2 heterocycles. The van der Waals surface area contributed by atoms with Gasteiger partial charge in [-0.2, -0.15) is 0 Å². The van der Waals surface area contributed by atoms with Gasteiger partial charge in [-0.3, -0.25) is 0 Å². The minimum Gasteiger partial charge on any atom is -0.389 e. The van der Waals surface area contributed by atoms with Crippen LogP contribution < -0.4 is 0 Å². The maximum atomic E-state index is 13.4. The molecule has 1 N–H and O–H groups in total. The van der Waals surface area contributed by atoms with Gasteiger partial charge < -0.3 is 5.11 Å². The van der Waals surface area contributed by atoms with Gasteiger partial charge in [0.2, 0.25) is 0 Å². The number of aliphatic hydroxyl groups excluding tert-OH is 1. The number of hydrogen-bond donors (Lipinski definition) is 1. The van der Waals surface area contributed by atoms with Crippen molar-refractivity contribution in [1.82, 2.24) is 15.0 Å². The monoisotopic (exact) mass is 359 g/mol. The summed E-state index contributed by atoms with van der Waals surface area (Å²) in [6.45, 7) is 3.72. The van der Waals surface area contributed by atoms with E-state index in [1.54, 1.807) is 31.3 Å². The summed E-state index contributed by atoms with van der Waals surface area (Å²) >= 11 is 0. The van der Waals surface area contributed by atoms with Gasteiger partial charge in [-0.25, -0.2) is 19.3 Å². The zero-order chi connectivity index (χ0) is 19.0. The normalized spacial score (nSPS) is 12.3. The lowest BCUT2D eigenvalue weighted by atomic mass is 9.95. The first kappa shape index (κ1) is 17.2. The number of fused-ring (bicyclic) bond motifs is 1. The molecule has 0 aliphatic rings. The standard InChI is InChI=1S/C22H18FN3O/c1-13-9-17(14(2)27)19-11-18(15-3-5-16(23)6-4-15)22(26-21(19)10-13)20-7-8-24-12-25-20/h3-12,14,27H,1-2H3. The molecule has 0 aliphatic heterocycles. The molecule has 0 amide bonds. The Morgan fingerprint density at radius 3 is 2.48 bits per heavy atom. The predicted molar refractivity (Wildman–Crippen MR) is 104 cm³/mol. The first-order valence-corrected chi connectivity index (χ1v) is 8.68. The Hall–Kier alpha value is -3.18. The highest BCUT2D eigenvalue weighted by Gasteiger charge is 2.16. The lowest BCUT2D eigenvalue weighted by Crippen LogP contribution is -1.99. The van der Waals surface area contributed by atoms with Crippen molar-refractivity contribution in [2.45, 2.75) is 20.0 Å². The molecule has 4 nitrogen and oxygen atoms in total. The lowest BCUT2D eigenvalue weighted by Gasteiger charge is -2.15. The van der Waals surface area contributed by atoms with E-state index in [-0.39, 0.29) is 5.82 Å². The molecule has 0 radical (unpaired) electrons. The zero-order valence-corrected chi connectivity index (χ0v) is 15.0. The summed E-state index contributed by atoms with van der Waals surface area (Å²) in [5.41, 5.74) is 5.66. The van der Waals surface area contributed by atoms with E-state index in [1.807, 2.05) is 25.1 Å². The van der Waals surface area contributed by atoms with Crippen LogP contribution in [-0.4, -0.2) is 20.1 Å². The van der Waals surface area contributed by atoms with Crippen LogP contribution in [0.15, 0.2) is 61.1 Å². The fourth-order valence-corrected chi connectivity index (χ4v) is 3.27. The van der Waals surface area contributed by atoms with E-state index in [9.17, 15) is 9.50 Å². The van der Waals surface area contributed by atoms with Crippen molar-refractivity contribution in [2.24, 2.45) is 0 Å². The van der Waals surface area contributed by atoms with Crippen LogP contribution in [0, 0.1) is 12.7 Å². The number of halogens is 1. The summed E-state index contributed by atoms with van der Waals surface area (Å²) in [7, 11) is 0. The maximum absolute atomic E-state index is 13.4. The van der Waals surface area contributed by atoms with Crippen LogP contribution in [0.3, 0.4) is 0 Å². The van der Waals surface area contributed by atoms with Gasteiger partial charge in [-0.15, -0.1) is 0 Å². The molecule has 2 aromatic carbocycles. The highest BCUT2D eigenvalue weighted by molar-refractivity contribution is 5.93. The number of benzene rings is 2. The fourth-order valence-electron chi connectivity index (χ4n) is 3.27. The number of aromatic nitrogens is 3. The number of rotatable bonds is 3. The Morgan fingerprint density at radius 2 is 1.81 bits per heavy atom. The van der Waals surface area contributed by atoms with Gasteiger partial charge in [-0.1, -0.05) is 18.2 Å². The Labute approximate surface area is 156 Å². The molecule has 4 aromatic rings. The summed E-state index contributed by atoms with van der Waals surface area (Å²) in [5.74, 6) is -0.295. The van der Waals surface area contributed by atoms with Gasteiger partial charge in [0.05, 0.1) is 23.0 Å². The Balaban J connectivity index is 2.07. The summed E-state index contributed by atoms with van der Waals surface area (Å²) in [4.78, 5) is 13.2. The van der Waals surface area contributed by atoms with E-state index in [4.69, 9.17) is 4.98 Å². The minimum absolute atomic E-state index is 0.295. The average Bonchev–Trinajstić information content (AvgIpc) is 2.67. The van der Waals surface area contributed by atoms with Crippen LogP contribution >= 0.6 is 0 Å². The molecule has 0 fully saturated rings. The van der Waals surface area contributed by atoms with E-state index in [0.717, 1.165) is 33.2 Å². The molecule has 0 saturated heterocycles. The van der Waals surface area contributed by atoms with Crippen molar-refractivity contribution in [3.63, 3.8) is 0 Å². The summed E-state index contributed by atoms with van der Waals surface area (Å²) in [6.07, 6.45) is 2.52. The number of nitrogens with zero attached hydrogens (tertiary/aromatic N) is 3. The first-order chi connectivity index (χ1) is 13.0. The minimum atomic E-state index is -0.625. The van der Waals surface area contributed by atoms with Crippen LogP contribution in [0.4, 0.5) is 4.39 Å². The van der Waals surface area contributed by atoms with Crippen molar-refractivity contribution < 1.29 is 9.50 Å². The Kier molecular flexibility index (Phi) is 4.38. The molecule has 5 heteroatoms. The topological polar surface area (TPSA) is 58.9 Å². The third-order valence-electron chi connectivity index (χ3n) is 4.54. The van der Waals surface area contributed by atoms with Gasteiger partial charge in [0.25, 0.3) is 0 Å². The molecule has 0 bridgehead atoms. The number of pyridine rings is 1. The second-order valence-corrected chi connectivity index (χ2v) is 6.58. The van der Waals surface area contributed by atoms with E-state index in [1.165, 1.54) is 18.5 Å². The molecule has 0 saturated carbocycles. The second kappa shape index (κ2) is 6.85. The Bertz CT molecular complexity index is 1110. The number of aliphatic hydroxyl groups is 1. The number of hydrogen-bond acceptors (Lipinski definition) is 4. The lowest BCUT2D eigenvalue weighted by molar-refractivity contribution is 0.201. The van der Waals surface area contributed by atoms with Gasteiger partial charge in [-0.05, 0) is 60.9 Å². The predicted octanol–water partition coefficient (Wildman–Crippen LogP) is 4.86. The maximum Gasteiger partial charge on any atom is 0.123 e. The summed E-state index contributed by atoms with van der Waals surface area (Å²) in [6, 6.07) is 14.0. The molecular weight excluding hydrogens is 341 g/mol. The number of aryl methyl sites for hydroxylation is 1. The van der Waals surface area contributed by atoms with Gasteiger partial charge in [0, 0.05) is 17.1 Å². The highest BCUT2D eigenvalue weighted by Crippen LogP contribution is 2.35. The van der Waals surface area contributed by atoms with Crippen LogP contribution in [0.1, 0.15) is 24.2 Å². The zero-order valence-electron chi connectivity index (χ0n) is 15.0. The largest absolute Gasteiger partial charge is 0.389 e. The quantitative estimate of drug-likeness (QED) is 0.567. The molecule has 1 unspecified atom stereocenters. The van der Waals surface area contributed by atoms with Crippen molar-refractivity contribution >= 4 is 10.9 Å². The third-order valence-corrected chi connectivity index (χ3v) is 4.54. The molecule has 27 heavy (non-hydrogen) atoms.